The summed E-state index contributed by atoms with van der Waals surface area (Å²) in [6, 6.07) is 52.8. The SMILES string of the molecule is C.C.CCCN(CCC)c1cc(O)cc(O)c1.CCN(CC)c1cc(C)cc(O)c1.COc1cc(C)cc(O)c1.CSc1cc(C)cc(O)c1.Cc1cbcc(O)c1.Cc1cc(N)cc(O)c1.Cc1cc(O)cc(B(O)O)c1.Cc1cc(O)cc(N(C)C)c1.Cc1cc(O)cc(O)c1.Cc1cccc(O)c1.Cc1cncc(O)c1.Cc1cpcc(O)c1. The third-order valence-corrected chi connectivity index (χ3v) is 17.4. The average molecular weight is 1710 g/mol. The number of nitrogens with two attached hydrogens (primary N) is 1. The normalized spacial score (nSPS) is 9.48. The fraction of sp³-hybridized carbons (Fsp3) is 0.281. The number of thioether (sulfide) groups is 1. The van der Waals surface area contributed by atoms with Crippen LogP contribution in [0.2, 0.25) is 0 Å². The number of benzene rings is 9. The van der Waals surface area contributed by atoms with Crippen molar-refractivity contribution in [3.8, 4) is 86.2 Å². The molecule has 3 aromatic heterocycles. The number of ether oxygens (including phenoxy) is 1. The Labute approximate surface area is 731 Å². The second-order valence-corrected chi connectivity index (χ2v) is 29.6. The van der Waals surface area contributed by atoms with Crippen molar-refractivity contribution in [3.63, 3.8) is 0 Å². The van der Waals surface area contributed by atoms with E-state index in [1.165, 1.54) is 30.5 Å². The molecule has 3 heterocycles. The van der Waals surface area contributed by atoms with Crippen LogP contribution in [0.25, 0.3) is 0 Å². The van der Waals surface area contributed by atoms with Gasteiger partial charge in [0.25, 0.3) is 0 Å². The van der Waals surface area contributed by atoms with E-state index in [0.717, 1.165) is 130 Å². The van der Waals surface area contributed by atoms with Gasteiger partial charge in [0.05, 0.1) is 13.3 Å². The zero-order valence-electron chi connectivity index (χ0n) is 72.5. The number of rotatable bonds is 12. The Balaban J connectivity index is 0. The third-order valence-electron chi connectivity index (χ3n) is 15.8. The topological polar surface area (TPSA) is 382 Å². The van der Waals surface area contributed by atoms with Gasteiger partial charge in [-0.25, -0.2) is 0 Å². The maximum atomic E-state index is 9.41. The Morgan fingerprint density at radius 2 is 0.779 bits per heavy atom. The quantitative estimate of drug-likeness (QED) is 0.0307. The van der Waals surface area contributed by atoms with Crippen molar-refractivity contribution in [1.82, 2.24) is 4.98 Å². The number of phenolic OH excluding ortho intramolecular Hbond substituents is 11. The summed E-state index contributed by atoms with van der Waals surface area (Å²) in [6.07, 6.45) is 7.20. The Bertz CT molecular complexity index is 4320. The molecule has 0 saturated carbocycles. The first-order valence-corrected chi connectivity index (χ1v) is 40.7. The second kappa shape index (κ2) is 61.1. The first kappa shape index (κ1) is 112. The molecule has 18 N–H and O–H groups in total. The summed E-state index contributed by atoms with van der Waals surface area (Å²) in [4.78, 5) is 11.2. The molecule has 0 unspecified atom stereocenters. The Kier molecular flexibility index (Phi) is 56.0. The molecule has 9 aromatic carbocycles. The van der Waals surface area contributed by atoms with E-state index in [9.17, 15) is 20.4 Å². The maximum absolute atomic E-state index is 9.41. The number of phenols is 11. The molecule has 660 valence electrons. The molecule has 0 aliphatic heterocycles. The van der Waals surface area contributed by atoms with Gasteiger partial charge in [-0.05, 0) is 284 Å². The van der Waals surface area contributed by atoms with Gasteiger partial charge in [-0.3, -0.25) is 4.98 Å². The Morgan fingerprint density at radius 3 is 1.12 bits per heavy atom. The maximum Gasteiger partial charge on any atom is 0.488 e. The van der Waals surface area contributed by atoms with E-state index < -0.39 is 7.12 Å². The van der Waals surface area contributed by atoms with Crippen LogP contribution in [0.5, 0.6) is 86.2 Å². The minimum Gasteiger partial charge on any atom is -0.508 e. The summed E-state index contributed by atoms with van der Waals surface area (Å²) in [5, 5.41) is 144. The van der Waals surface area contributed by atoms with E-state index in [4.69, 9.17) is 71.6 Å². The molecule has 122 heavy (non-hydrogen) atoms. The number of hydrogen-bond donors (Lipinski definition) is 17. The molecule has 0 aliphatic rings. The van der Waals surface area contributed by atoms with Crippen molar-refractivity contribution in [3.05, 3.63) is 285 Å². The molecule has 0 bridgehead atoms. The van der Waals surface area contributed by atoms with E-state index in [1.807, 2.05) is 137 Å². The van der Waals surface area contributed by atoms with Crippen LogP contribution >= 0.6 is 20.0 Å². The summed E-state index contributed by atoms with van der Waals surface area (Å²) >= 11 is 1.64. The van der Waals surface area contributed by atoms with Crippen molar-refractivity contribution in [2.75, 3.05) is 74.1 Å². The number of aryl methyl sites for hydroxylation is 11. The van der Waals surface area contributed by atoms with E-state index >= 15 is 0 Å². The van der Waals surface area contributed by atoms with Gasteiger partial charge >= 0.3 is 55.4 Å². The fourth-order valence-corrected chi connectivity index (χ4v) is 11.8. The summed E-state index contributed by atoms with van der Waals surface area (Å²) in [7, 11) is 5.05. The van der Waals surface area contributed by atoms with Crippen molar-refractivity contribution in [2.24, 2.45) is 0 Å². The number of nitrogen functional groups attached to an aromatic ring is 1. The average Bonchev–Trinajstić information content (AvgIpc) is 0.869. The van der Waals surface area contributed by atoms with E-state index in [1.54, 1.807) is 178 Å². The predicted octanol–water partition coefficient (Wildman–Crippen LogP) is 20.6. The molecule has 0 saturated heterocycles. The van der Waals surface area contributed by atoms with E-state index in [-0.39, 0.29) is 60.8 Å². The molecule has 12 rings (SSSR count). The molecule has 26 heteroatoms. The molecular formula is C96H132B2N5O17PS. The number of hydrogen-bond acceptors (Lipinski definition) is 23. The number of aromatic nitrogens is 1. The molecule has 0 atom stereocenters. The van der Waals surface area contributed by atoms with Crippen molar-refractivity contribution in [2.45, 2.75) is 136 Å². The number of nitrogens with zero attached hydrogens (tertiary/aromatic N) is 4. The summed E-state index contributed by atoms with van der Waals surface area (Å²) in [6.45, 7) is 35.1. The van der Waals surface area contributed by atoms with Crippen molar-refractivity contribution in [1.29, 1.82) is 0 Å². The number of anilines is 4. The van der Waals surface area contributed by atoms with Crippen LogP contribution in [-0.4, -0.2) is 154 Å². The van der Waals surface area contributed by atoms with Gasteiger partial charge in [0.15, 0.2) is 0 Å². The van der Waals surface area contributed by atoms with E-state index in [0.29, 0.717) is 51.4 Å². The first-order chi connectivity index (χ1) is 56.5. The van der Waals surface area contributed by atoms with Gasteiger partial charge in [-0.2, -0.15) is 0 Å². The third kappa shape index (κ3) is 51.9. The number of aromatic hydroxyl groups is 14. The summed E-state index contributed by atoms with van der Waals surface area (Å²) in [5.41, 5.74) is 20.5. The fourth-order valence-electron chi connectivity index (χ4n) is 10.7. The largest absolute Gasteiger partial charge is 0.508 e. The first-order valence-electron chi connectivity index (χ1n) is 38.4. The monoisotopic (exact) mass is 1710 g/mol. The molecule has 0 spiro atoms. The van der Waals surface area contributed by atoms with Crippen LogP contribution in [0.15, 0.2) is 229 Å². The zero-order chi connectivity index (χ0) is 90.7. The summed E-state index contributed by atoms with van der Waals surface area (Å²) < 4.78 is 4.92. The number of pyridine rings is 1. The molecule has 22 nitrogen and oxygen atoms in total. The van der Waals surface area contributed by atoms with Crippen LogP contribution in [0.1, 0.15) is 117 Å². The molecule has 0 amide bonds. The molecule has 0 aliphatic carbocycles. The Hall–Kier alpha value is -12.3. The minimum atomic E-state index is -1.51. The predicted molar refractivity (Wildman–Crippen MR) is 511 cm³/mol. The van der Waals surface area contributed by atoms with Crippen LogP contribution in [0.3, 0.4) is 0 Å². The van der Waals surface area contributed by atoms with Gasteiger partial charge in [-0.15, -0.1) is 11.8 Å². The van der Waals surface area contributed by atoms with Crippen LogP contribution in [0.4, 0.5) is 22.7 Å². The molecule has 0 fully saturated rings. The van der Waals surface area contributed by atoms with Gasteiger partial charge in [-0.1, -0.05) is 55.1 Å². The second-order valence-electron chi connectivity index (χ2n) is 28.0. The van der Waals surface area contributed by atoms with Gasteiger partial charge in [0, 0.05) is 128 Å². The molecular weight excluding hydrogens is 1580 g/mol. The van der Waals surface area contributed by atoms with Gasteiger partial charge in [0.1, 0.15) is 80.5 Å². The van der Waals surface area contributed by atoms with Gasteiger partial charge < -0.3 is 102 Å². The zero-order valence-corrected chi connectivity index (χ0v) is 74.3. The van der Waals surface area contributed by atoms with Crippen LogP contribution < -0.4 is 30.6 Å². The molecule has 12 aromatic rings. The van der Waals surface area contributed by atoms with Gasteiger partial charge in [0.2, 0.25) is 0 Å². The van der Waals surface area contributed by atoms with Crippen molar-refractivity contribution < 1.29 is 86.3 Å². The Morgan fingerprint density at radius 1 is 0.377 bits per heavy atom. The minimum absolute atomic E-state index is 0. The standard InChI is InChI=1S/C12H19NO2.C11H17NO.C9H13NO.C8H10O2.C8H10OS.C7H9BO3.C7H9NO.C7H8O2.C7H8O.C6H7BO.C6H7NO.C6H7OP.2CH4/c1-3-5-13(6-4-2)10-7-11(14)9-12(15)8-10;1-4-12(5-2)10-6-9(3)7-11(13)8-10;1-7-4-8(10(2)3)6-9(11)5-7;2*1-6-3-7(9)5-8(4-6)10-2;1-5-2-6(8(10)11)4-7(9)3-5;2*1-5-2-6(8)4-7(9)3-5;1-6-3-2-4-7(8)5-6;2*1-5-2-6(8)4-7-3-5;1-5-2-6(7)4-8-3-5;;/h7-9,14-15H,3-6H2,1-2H3;6-8,13H,4-5H2,1-3H3;4-6,11H,1-3H3;2*3-5,9H,1-2H3;2-4,9-11H,1H3;2-4,9H,8H2,1H3;2-4,8-9H,1H3;2-5,8H,1H3;2*2-4,8H,1H3;2-4,7H,1H3;2*1H4. The van der Waals surface area contributed by atoms with Crippen LogP contribution in [-0.2, 0) is 0 Å². The number of methoxy groups -OCH3 is 1. The smallest absolute Gasteiger partial charge is 0.488 e. The summed E-state index contributed by atoms with van der Waals surface area (Å²) in [5.74, 6) is 11.4. The molecule has 0 radical (unpaired) electrons. The van der Waals surface area contributed by atoms with E-state index in [2.05, 4.69) is 48.5 Å². The van der Waals surface area contributed by atoms with Crippen LogP contribution in [0, 0.1) is 76.2 Å². The van der Waals surface area contributed by atoms with Crippen molar-refractivity contribution >= 4 is 62.2 Å².